The minimum Gasteiger partial charge on any atom is -0.360 e. The van der Waals surface area contributed by atoms with E-state index in [1.807, 2.05) is 0 Å². The monoisotopic (exact) mass is 247 g/mol. The average molecular weight is 247 g/mol. The largest absolute Gasteiger partial charge is 0.360 e. The van der Waals surface area contributed by atoms with Crippen LogP contribution in [0.5, 0.6) is 0 Å². The lowest BCUT2D eigenvalue weighted by molar-refractivity contribution is -0.121. The number of benzene rings is 1. The van der Waals surface area contributed by atoms with E-state index < -0.39 is 0 Å². The molecule has 0 spiro atoms. The minimum absolute atomic E-state index is 0.0460. The number of nitrogens with zero attached hydrogens (tertiary/aromatic N) is 1. The molecule has 1 fully saturated rings. The summed E-state index contributed by atoms with van der Waals surface area (Å²) < 4.78 is 0. The summed E-state index contributed by atoms with van der Waals surface area (Å²) in [5.74, 6) is 0.574. The maximum Gasteiger partial charge on any atom is 0.239 e. The lowest BCUT2D eigenvalue weighted by Crippen LogP contribution is -2.56. The number of carbonyl (C=O) groups is 1. The molecule has 0 bridgehead atoms. The van der Waals surface area contributed by atoms with E-state index in [2.05, 4.69) is 48.3 Å². The molecule has 1 unspecified atom stereocenters. The van der Waals surface area contributed by atoms with Gasteiger partial charge in [0.1, 0.15) is 0 Å². The summed E-state index contributed by atoms with van der Waals surface area (Å²) in [7, 11) is 0. The van der Waals surface area contributed by atoms with Crippen molar-refractivity contribution in [2.75, 3.05) is 24.5 Å². The Morgan fingerprint density at radius 1 is 1.39 bits per heavy atom. The molecule has 0 aliphatic carbocycles. The molecule has 0 radical (unpaired) electrons. The lowest BCUT2D eigenvalue weighted by Gasteiger charge is -2.34. The molecule has 1 amide bonds. The second-order valence-electron chi connectivity index (χ2n) is 5.13. The summed E-state index contributed by atoms with van der Waals surface area (Å²) in [5, 5.41) is 2.89. The molecule has 1 aliphatic heterocycles. The molecule has 1 aromatic carbocycles. The fourth-order valence-electron chi connectivity index (χ4n) is 2.22. The normalized spacial score (nSPS) is 20.1. The predicted octanol–water partition coefficient (Wildman–Crippen LogP) is 1.07. The van der Waals surface area contributed by atoms with E-state index in [0.717, 1.165) is 12.2 Å². The number of nitrogens with one attached hydrogen (secondary N) is 1. The first-order valence-corrected chi connectivity index (χ1v) is 6.44. The molecule has 98 valence electrons. The molecular formula is C14H21N3O. The zero-order chi connectivity index (χ0) is 13.1. The summed E-state index contributed by atoms with van der Waals surface area (Å²) in [4.78, 5) is 13.7. The molecule has 4 heteroatoms. The quantitative estimate of drug-likeness (QED) is 0.840. The zero-order valence-corrected chi connectivity index (χ0v) is 11.0. The van der Waals surface area contributed by atoms with E-state index >= 15 is 0 Å². The molecule has 1 saturated heterocycles. The third-order valence-corrected chi connectivity index (χ3v) is 3.35. The van der Waals surface area contributed by atoms with E-state index in [9.17, 15) is 4.79 Å². The topological polar surface area (TPSA) is 58.4 Å². The van der Waals surface area contributed by atoms with Gasteiger partial charge in [0, 0.05) is 18.8 Å². The second kappa shape index (κ2) is 5.40. The summed E-state index contributed by atoms with van der Waals surface area (Å²) >= 11 is 0. The number of rotatable bonds is 3. The highest BCUT2D eigenvalue weighted by atomic mass is 16.2. The molecule has 1 aromatic rings. The maximum absolute atomic E-state index is 11.6. The first kappa shape index (κ1) is 12.9. The molecule has 3 N–H and O–H groups in total. The number of amides is 1. The van der Waals surface area contributed by atoms with Crippen LogP contribution in [0.15, 0.2) is 24.3 Å². The molecule has 0 aromatic heterocycles. The van der Waals surface area contributed by atoms with Gasteiger partial charge < -0.3 is 16.0 Å². The van der Waals surface area contributed by atoms with Gasteiger partial charge >= 0.3 is 0 Å². The van der Waals surface area contributed by atoms with Crippen LogP contribution in [0, 0.1) is 0 Å². The summed E-state index contributed by atoms with van der Waals surface area (Å²) in [5.41, 5.74) is 8.03. The Morgan fingerprint density at radius 2 is 2.06 bits per heavy atom. The van der Waals surface area contributed by atoms with Gasteiger partial charge in [0.05, 0.1) is 12.6 Å². The molecule has 1 atom stereocenters. The van der Waals surface area contributed by atoms with Crippen LogP contribution < -0.4 is 16.0 Å². The van der Waals surface area contributed by atoms with Crippen molar-refractivity contribution in [3.63, 3.8) is 0 Å². The zero-order valence-electron chi connectivity index (χ0n) is 11.0. The molecule has 2 rings (SSSR count). The molecule has 1 heterocycles. The Balaban J connectivity index is 2.12. The first-order valence-electron chi connectivity index (χ1n) is 6.44. The van der Waals surface area contributed by atoms with Crippen molar-refractivity contribution in [3.05, 3.63) is 29.8 Å². The SMILES string of the molecule is CC(C)c1ccc(N2CC(=O)NC(CN)C2)cc1. The second-order valence-corrected chi connectivity index (χ2v) is 5.13. The summed E-state index contributed by atoms with van der Waals surface area (Å²) in [6, 6.07) is 8.48. The van der Waals surface area contributed by atoms with Crippen molar-refractivity contribution in [1.29, 1.82) is 0 Å². The Bertz CT molecular complexity index is 414. The van der Waals surface area contributed by atoms with Gasteiger partial charge in [-0.1, -0.05) is 26.0 Å². The molecular weight excluding hydrogens is 226 g/mol. The summed E-state index contributed by atoms with van der Waals surface area (Å²) in [6.07, 6.45) is 0. The van der Waals surface area contributed by atoms with E-state index in [0.29, 0.717) is 19.0 Å². The van der Waals surface area contributed by atoms with Crippen LogP contribution in [0.3, 0.4) is 0 Å². The Hall–Kier alpha value is -1.55. The number of anilines is 1. The van der Waals surface area contributed by atoms with Crippen LogP contribution in [0.1, 0.15) is 25.3 Å². The van der Waals surface area contributed by atoms with E-state index in [1.54, 1.807) is 0 Å². The predicted molar refractivity (Wildman–Crippen MR) is 73.7 cm³/mol. The van der Waals surface area contributed by atoms with Crippen molar-refractivity contribution in [1.82, 2.24) is 5.32 Å². The van der Waals surface area contributed by atoms with Gasteiger partial charge in [-0.3, -0.25) is 4.79 Å². The summed E-state index contributed by atoms with van der Waals surface area (Å²) in [6.45, 7) is 6.02. The van der Waals surface area contributed by atoms with Crippen molar-refractivity contribution < 1.29 is 4.79 Å². The number of hydrogen-bond donors (Lipinski definition) is 2. The van der Waals surface area contributed by atoms with E-state index in [1.165, 1.54) is 5.56 Å². The fourth-order valence-corrected chi connectivity index (χ4v) is 2.22. The van der Waals surface area contributed by atoms with Gasteiger partial charge in [0.25, 0.3) is 0 Å². The number of piperazine rings is 1. The third-order valence-electron chi connectivity index (χ3n) is 3.35. The van der Waals surface area contributed by atoms with Gasteiger partial charge in [0.15, 0.2) is 0 Å². The van der Waals surface area contributed by atoms with Crippen LogP contribution in [-0.4, -0.2) is 31.6 Å². The minimum atomic E-state index is 0.0460. The molecule has 1 aliphatic rings. The van der Waals surface area contributed by atoms with Crippen LogP contribution in [0.2, 0.25) is 0 Å². The van der Waals surface area contributed by atoms with E-state index in [-0.39, 0.29) is 11.9 Å². The Kier molecular flexibility index (Phi) is 3.87. The van der Waals surface area contributed by atoms with Crippen molar-refractivity contribution >= 4 is 11.6 Å². The van der Waals surface area contributed by atoms with Crippen LogP contribution in [0.25, 0.3) is 0 Å². The first-order chi connectivity index (χ1) is 8.60. The van der Waals surface area contributed by atoms with Gasteiger partial charge in [-0.25, -0.2) is 0 Å². The highest BCUT2D eigenvalue weighted by Gasteiger charge is 2.23. The van der Waals surface area contributed by atoms with Crippen LogP contribution in [-0.2, 0) is 4.79 Å². The van der Waals surface area contributed by atoms with E-state index in [4.69, 9.17) is 5.73 Å². The van der Waals surface area contributed by atoms with Gasteiger partial charge in [0.2, 0.25) is 5.91 Å². The third kappa shape index (κ3) is 2.82. The highest BCUT2D eigenvalue weighted by Crippen LogP contribution is 2.21. The van der Waals surface area contributed by atoms with Crippen LogP contribution in [0.4, 0.5) is 5.69 Å². The van der Waals surface area contributed by atoms with Crippen LogP contribution >= 0.6 is 0 Å². The van der Waals surface area contributed by atoms with Crippen molar-refractivity contribution in [2.24, 2.45) is 5.73 Å². The average Bonchev–Trinajstić information content (AvgIpc) is 2.38. The van der Waals surface area contributed by atoms with Gasteiger partial charge in [-0.05, 0) is 23.6 Å². The standard InChI is InChI=1S/C14H21N3O/c1-10(2)11-3-5-13(6-4-11)17-8-12(7-15)16-14(18)9-17/h3-6,10,12H,7-9,15H2,1-2H3,(H,16,18). The van der Waals surface area contributed by atoms with Gasteiger partial charge in [-0.15, -0.1) is 0 Å². The van der Waals surface area contributed by atoms with Crippen molar-refractivity contribution in [2.45, 2.75) is 25.8 Å². The van der Waals surface area contributed by atoms with Crippen molar-refractivity contribution in [3.8, 4) is 0 Å². The Morgan fingerprint density at radius 3 is 2.61 bits per heavy atom. The smallest absolute Gasteiger partial charge is 0.239 e. The van der Waals surface area contributed by atoms with Gasteiger partial charge in [-0.2, -0.15) is 0 Å². The number of carbonyl (C=O) groups excluding carboxylic acids is 1. The lowest BCUT2D eigenvalue weighted by atomic mass is 10.0. The molecule has 4 nitrogen and oxygen atoms in total. The highest BCUT2D eigenvalue weighted by molar-refractivity contribution is 5.83. The fraction of sp³-hybridized carbons (Fsp3) is 0.500. The maximum atomic E-state index is 11.6. The molecule has 18 heavy (non-hydrogen) atoms. The molecule has 0 saturated carbocycles. The Labute approximate surface area is 108 Å². The number of hydrogen-bond acceptors (Lipinski definition) is 3. The number of nitrogens with two attached hydrogens (primary N) is 1.